The lowest BCUT2D eigenvalue weighted by molar-refractivity contribution is 0.0701. The molecule has 170 valence electrons. The van der Waals surface area contributed by atoms with Crippen LogP contribution in [0.2, 0.25) is 0 Å². The van der Waals surface area contributed by atoms with Crippen LogP contribution in [0.3, 0.4) is 0 Å². The number of hydrogen-bond acceptors (Lipinski definition) is 6. The first-order valence-electron chi connectivity index (χ1n) is 9.93. The fourth-order valence-electron chi connectivity index (χ4n) is 4.06. The Bertz CT molecular complexity index is 1290. The summed E-state index contributed by atoms with van der Waals surface area (Å²) in [6.45, 7) is 1.53. The summed E-state index contributed by atoms with van der Waals surface area (Å²) < 4.78 is 53.0. The van der Waals surface area contributed by atoms with E-state index in [0.717, 1.165) is 11.6 Å². The second kappa shape index (κ2) is 8.57. The van der Waals surface area contributed by atoms with Crippen molar-refractivity contribution < 1.29 is 27.2 Å². The second-order valence-corrected chi connectivity index (χ2v) is 10.3. The molecule has 1 atom stereocenters. The Hall–Kier alpha value is -2.89. The Labute approximate surface area is 183 Å². The van der Waals surface area contributed by atoms with Crippen molar-refractivity contribution in [3.63, 3.8) is 0 Å². The molecule has 1 aliphatic heterocycles. The molecule has 32 heavy (non-hydrogen) atoms. The van der Waals surface area contributed by atoms with Gasteiger partial charge >= 0.3 is 0 Å². The maximum atomic E-state index is 14.2. The zero-order valence-corrected chi connectivity index (χ0v) is 18.1. The average Bonchev–Trinajstić information content (AvgIpc) is 3.35. The largest absolute Gasteiger partial charge is 0.341 e. The van der Waals surface area contributed by atoms with Crippen LogP contribution >= 0.6 is 0 Å². The van der Waals surface area contributed by atoms with E-state index in [-0.39, 0.29) is 17.8 Å². The fraction of sp³-hybridized carbons (Fsp3) is 0.333. The number of benzene rings is 1. The molecule has 0 spiro atoms. The van der Waals surface area contributed by atoms with E-state index >= 15 is 0 Å². The normalized spacial score (nSPS) is 17.2. The van der Waals surface area contributed by atoms with Crippen molar-refractivity contribution >= 4 is 26.6 Å². The van der Waals surface area contributed by atoms with E-state index in [1.807, 2.05) is 4.90 Å². The Morgan fingerprint density at radius 3 is 2.69 bits per heavy atom. The quantitative estimate of drug-likeness (QED) is 0.428. The Morgan fingerprint density at radius 1 is 1.25 bits per heavy atom. The lowest BCUT2D eigenvalue weighted by Gasteiger charge is -2.15. The second-order valence-electron chi connectivity index (χ2n) is 8.02. The number of carbonyl (C=O) groups is 1. The van der Waals surface area contributed by atoms with Crippen molar-refractivity contribution in [1.82, 2.24) is 19.9 Å². The molecule has 1 saturated heterocycles. The number of amides is 1. The molecule has 8 nitrogen and oxygen atoms in total. The Balaban J connectivity index is 1.71. The number of halogens is 2. The van der Waals surface area contributed by atoms with Crippen LogP contribution in [-0.4, -0.2) is 58.6 Å². The summed E-state index contributed by atoms with van der Waals surface area (Å²) in [6.07, 6.45) is 5.02. The predicted octanol–water partition coefficient (Wildman–Crippen LogP) is 2.10. The number of aromatic nitrogens is 2. The van der Waals surface area contributed by atoms with Gasteiger partial charge in [-0.1, -0.05) is 6.07 Å². The van der Waals surface area contributed by atoms with Crippen LogP contribution in [0.25, 0.3) is 10.9 Å². The SMILES string of the molecule is CS(=O)(=O)[C@H]1CCN(Cc2cn(Cc3ccc(F)cc3F)c3cnc(C(=O)NO)cc23)C1. The highest BCUT2D eigenvalue weighted by atomic mass is 32.2. The zero-order chi connectivity index (χ0) is 23.0. The molecule has 2 N–H and O–H groups in total. The summed E-state index contributed by atoms with van der Waals surface area (Å²) in [4.78, 5) is 17.9. The molecule has 1 fully saturated rings. The Kier molecular flexibility index (Phi) is 5.97. The molecule has 2 aromatic heterocycles. The summed E-state index contributed by atoms with van der Waals surface area (Å²) in [5, 5.41) is 9.18. The van der Waals surface area contributed by atoms with Crippen LogP contribution in [0.4, 0.5) is 8.78 Å². The van der Waals surface area contributed by atoms with Gasteiger partial charge in [-0.05, 0) is 30.7 Å². The molecule has 4 rings (SSSR count). The summed E-state index contributed by atoms with van der Waals surface area (Å²) in [6, 6.07) is 4.90. The monoisotopic (exact) mass is 464 g/mol. The van der Waals surface area contributed by atoms with Crippen LogP contribution in [0, 0.1) is 11.6 Å². The van der Waals surface area contributed by atoms with Gasteiger partial charge in [-0.3, -0.25) is 14.9 Å². The summed E-state index contributed by atoms with van der Waals surface area (Å²) in [5.74, 6) is -2.11. The van der Waals surface area contributed by atoms with Crippen LogP contribution in [0.15, 0.2) is 36.7 Å². The topological polar surface area (TPSA) is 105 Å². The maximum absolute atomic E-state index is 14.2. The first-order chi connectivity index (χ1) is 15.2. The molecular weight excluding hydrogens is 442 g/mol. The summed E-state index contributed by atoms with van der Waals surface area (Å²) in [5.41, 5.74) is 3.25. The number of hydrogen-bond donors (Lipinski definition) is 2. The van der Waals surface area contributed by atoms with Crippen LogP contribution in [0.5, 0.6) is 0 Å². The number of rotatable bonds is 6. The zero-order valence-electron chi connectivity index (χ0n) is 17.3. The number of hydroxylamine groups is 1. The van der Waals surface area contributed by atoms with Gasteiger partial charge in [-0.15, -0.1) is 0 Å². The minimum absolute atomic E-state index is 0.00222. The van der Waals surface area contributed by atoms with E-state index in [0.29, 0.717) is 37.0 Å². The highest BCUT2D eigenvalue weighted by molar-refractivity contribution is 7.91. The average molecular weight is 464 g/mol. The lowest BCUT2D eigenvalue weighted by atomic mass is 10.1. The van der Waals surface area contributed by atoms with Crippen LogP contribution in [-0.2, 0) is 22.9 Å². The minimum Gasteiger partial charge on any atom is -0.341 e. The highest BCUT2D eigenvalue weighted by Gasteiger charge is 2.30. The van der Waals surface area contributed by atoms with Gasteiger partial charge in [-0.2, -0.15) is 0 Å². The highest BCUT2D eigenvalue weighted by Crippen LogP contribution is 2.27. The number of pyridine rings is 1. The third-order valence-electron chi connectivity index (χ3n) is 5.77. The van der Waals surface area contributed by atoms with Gasteiger partial charge in [0.25, 0.3) is 5.91 Å². The van der Waals surface area contributed by atoms with Crippen molar-refractivity contribution in [2.24, 2.45) is 0 Å². The first kappa shape index (κ1) is 22.3. The fourth-order valence-corrected chi connectivity index (χ4v) is 5.08. The third-order valence-corrected chi connectivity index (χ3v) is 7.36. The van der Waals surface area contributed by atoms with E-state index in [1.165, 1.54) is 30.7 Å². The summed E-state index contributed by atoms with van der Waals surface area (Å²) in [7, 11) is -3.15. The molecule has 0 saturated carbocycles. The number of likely N-dealkylation sites (tertiary alicyclic amines) is 1. The van der Waals surface area contributed by atoms with Crippen molar-refractivity contribution in [1.29, 1.82) is 0 Å². The van der Waals surface area contributed by atoms with E-state index < -0.39 is 32.6 Å². The summed E-state index contributed by atoms with van der Waals surface area (Å²) >= 11 is 0. The van der Waals surface area contributed by atoms with Gasteiger partial charge in [0.1, 0.15) is 17.3 Å². The standard InChI is InChI=1S/C21H22F2N4O4S/c1-32(30,31)16-4-5-26(12-16)9-14-11-27(10-13-2-3-15(22)6-18(13)23)20-8-24-19(7-17(14)20)21(28)25-29/h2-3,6-8,11,16,29H,4-5,9-10,12H2,1H3,(H,25,28)/t16-/m0/s1. The molecule has 0 unspecified atom stereocenters. The molecule has 1 aromatic carbocycles. The molecule has 11 heteroatoms. The first-order valence-corrected chi connectivity index (χ1v) is 11.9. The van der Waals surface area contributed by atoms with Gasteiger partial charge in [-0.25, -0.2) is 27.7 Å². The van der Waals surface area contributed by atoms with E-state index in [4.69, 9.17) is 5.21 Å². The van der Waals surface area contributed by atoms with Crippen molar-refractivity contribution in [3.05, 3.63) is 65.1 Å². The van der Waals surface area contributed by atoms with Gasteiger partial charge in [0.05, 0.1) is 23.5 Å². The van der Waals surface area contributed by atoms with Crippen molar-refractivity contribution in [2.45, 2.75) is 24.8 Å². The third kappa shape index (κ3) is 4.50. The number of carbonyl (C=O) groups excluding carboxylic acids is 1. The van der Waals surface area contributed by atoms with Crippen molar-refractivity contribution in [2.75, 3.05) is 19.3 Å². The van der Waals surface area contributed by atoms with E-state index in [2.05, 4.69) is 4.98 Å². The molecule has 3 heterocycles. The van der Waals surface area contributed by atoms with Gasteiger partial charge in [0, 0.05) is 42.6 Å². The molecular formula is C21H22F2N4O4S. The number of fused-ring (bicyclic) bond motifs is 1. The number of nitrogens with zero attached hydrogens (tertiary/aromatic N) is 3. The van der Waals surface area contributed by atoms with Crippen LogP contribution in [0.1, 0.15) is 28.0 Å². The number of nitrogens with one attached hydrogen (secondary N) is 1. The predicted molar refractivity (Wildman–Crippen MR) is 113 cm³/mol. The molecule has 1 aliphatic rings. The van der Waals surface area contributed by atoms with Crippen LogP contribution < -0.4 is 5.48 Å². The van der Waals surface area contributed by atoms with Gasteiger partial charge < -0.3 is 4.57 Å². The van der Waals surface area contributed by atoms with Gasteiger partial charge in [0.2, 0.25) is 0 Å². The smallest absolute Gasteiger partial charge is 0.293 e. The maximum Gasteiger partial charge on any atom is 0.293 e. The number of sulfone groups is 1. The van der Waals surface area contributed by atoms with E-state index in [9.17, 15) is 22.0 Å². The molecule has 0 radical (unpaired) electrons. The lowest BCUT2D eigenvalue weighted by Crippen LogP contribution is -2.26. The molecule has 0 aliphatic carbocycles. The van der Waals surface area contributed by atoms with Crippen molar-refractivity contribution in [3.8, 4) is 0 Å². The molecule has 3 aromatic rings. The van der Waals surface area contributed by atoms with E-state index in [1.54, 1.807) is 16.2 Å². The Morgan fingerprint density at radius 2 is 2.03 bits per heavy atom. The minimum atomic E-state index is -3.15. The molecule has 0 bridgehead atoms. The van der Waals surface area contributed by atoms with Gasteiger partial charge in [0.15, 0.2) is 9.84 Å². The molecule has 1 amide bonds.